The summed E-state index contributed by atoms with van der Waals surface area (Å²) in [4.78, 5) is 39.8. The minimum absolute atomic E-state index is 0.0388. The zero-order chi connectivity index (χ0) is 22.1. The molecular weight excluding hydrogens is 380 g/mol. The summed E-state index contributed by atoms with van der Waals surface area (Å²) in [6, 6.07) is 15.1. The van der Waals surface area contributed by atoms with Crippen molar-refractivity contribution in [2.75, 3.05) is 44.4 Å². The molecule has 0 aromatic heterocycles. The number of nitrogens with one attached hydrogen (secondary N) is 2. The van der Waals surface area contributed by atoms with Crippen molar-refractivity contribution >= 4 is 29.1 Å². The minimum atomic E-state index is -0.272. The third kappa shape index (κ3) is 7.33. The van der Waals surface area contributed by atoms with E-state index in [2.05, 4.69) is 10.6 Å². The van der Waals surface area contributed by atoms with Gasteiger partial charge in [0.2, 0.25) is 17.7 Å². The van der Waals surface area contributed by atoms with Gasteiger partial charge in [-0.3, -0.25) is 19.3 Å². The maximum absolute atomic E-state index is 12.4. The van der Waals surface area contributed by atoms with E-state index in [1.54, 1.807) is 19.0 Å². The van der Waals surface area contributed by atoms with Gasteiger partial charge in [-0.1, -0.05) is 42.8 Å². The Balaban J connectivity index is 1.78. The number of carbonyl (C=O) groups excluding carboxylic acids is 3. The highest BCUT2D eigenvalue weighted by Crippen LogP contribution is 2.15. The van der Waals surface area contributed by atoms with Gasteiger partial charge in [-0.25, -0.2) is 0 Å². The Morgan fingerprint density at radius 3 is 2.13 bits per heavy atom. The molecule has 3 amide bonds. The molecule has 2 N–H and O–H groups in total. The van der Waals surface area contributed by atoms with E-state index in [9.17, 15) is 14.4 Å². The number of likely N-dealkylation sites (N-methyl/N-ethyl adjacent to an activating group) is 2. The third-order valence-corrected chi connectivity index (χ3v) is 4.63. The zero-order valence-corrected chi connectivity index (χ0v) is 18.1. The largest absolute Gasteiger partial charge is 0.335 e. The van der Waals surface area contributed by atoms with Crippen LogP contribution in [0.1, 0.15) is 18.1 Å². The Hall–Kier alpha value is -3.19. The van der Waals surface area contributed by atoms with Crippen molar-refractivity contribution in [2.24, 2.45) is 0 Å². The summed E-state index contributed by atoms with van der Waals surface area (Å²) in [6.45, 7) is 4.05. The smallest absolute Gasteiger partial charge is 0.243 e. The van der Waals surface area contributed by atoms with E-state index in [1.165, 1.54) is 4.90 Å². The van der Waals surface area contributed by atoms with Gasteiger partial charge in [0.05, 0.1) is 19.6 Å². The van der Waals surface area contributed by atoms with Crippen molar-refractivity contribution in [3.05, 3.63) is 59.7 Å². The molecule has 0 aliphatic rings. The minimum Gasteiger partial charge on any atom is -0.335 e. The van der Waals surface area contributed by atoms with Crippen molar-refractivity contribution < 1.29 is 14.4 Å². The van der Waals surface area contributed by atoms with Gasteiger partial charge in [-0.2, -0.15) is 0 Å². The highest BCUT2D eigenvalue weighted by Gasteiger charge is 2.17. The first-order valence-electron chi connectivity index (χ1n) is 9.95. The number of benzene rings is 2. The lowest BCUT2D eigenvalue weighted by atomic mass is 10.1. The van der Waals surface area contributed by atoms with Crippen LogP contribution in [0.15, 0.2) is 48.5 Å². The van der Waals surface area contributed by atoms with Crippen molar-refractivity contribution in [2.45, 2.75) is 20.3 Å². The summed E-state index contributed by atoms with van der Waals surface area (Å²) in [6.07, 6.45) is 0.820. The van der Waals surface area contributed by atoms with Gasteiger partial charge < -0.3 is 15.5 Å². The van der Waals surface area contributed by atoms with Crippen LogP contribution in [0.25, 0.3) is 0 Å². The first-order chi connectivity index (χ1) is 14.3. The summed E-state index contributed by atoms with van der Waals surface area (Å²) in [7, 11) is 3.27. The number of para-hydroxylation sites is 1. The van der Waals surface area contributed by atoms with Gasteiger partial charge in [0.25, 0.3) is 0 Å². The molecule has 2 aromatic carbocycles. The third-order valence-electron chi connectivity index (χ3n) is 4.63. The summed E-state index contributed by atoms with van der Waals surface area (Å²) in [5.74, 6) is -0.699. The summed E-state index contributed by atoms with van der Waals surface area (Å²) in [5, 5.41) is 5.66. The van der Waals surface area contributed by atoms with Crippen molar-refractivity contribution in [3.8, 4) is 0 Å². The van der Waals surface area contributed by atoms with Crippen LogP contribution in [0.5, 0.6) is 0 Å². The fraction of sp³-hybridized carbons (Fsp3) is 0.348. The number of rotatable bonds is 9. The summed E-state index contributed by atoms with van der Waals surface area (Å²) in [5.41, 5.74) is 3.64. The van der Waals surface area contributed by atoms with Crippen LogP contribution in [0.2, 0.25) is 0 Å². The van der Waals surface area contributed by atoms with Gasteiger partial charge in [-0.05, 0) is 44.2 Å². The number of hydrogen-bond acceptors (Lipinski definition) is 4. The second kappa shape index (κ2) is 11.1. The molecule has 0 fully saturated rings. The van der Waals surface area contributed by atoms with Gasteiger partial charge in [0.15, 0.2) is 0 Å². The Kier molecular flexibility index (Phi) is 8.55. The Bertz CT molecular complexity index is 880. The van der Waals surface area contributed by atoms with Gasteiger partial charge in [-0.15, -0.1) is 0 Å². The number of hydrogen-bond donors (Lipinski definition) is 2. The van der Waals surface area contributed by atoms with E-state index in [4.69, 9.17) is 0 Å². The molecule has 0 aliphatic carbocycles. The van der Waals surface area contributed by atoms with E-state index in [0.717, 1.165) is 23.2 Å². The predicted molar refractivity (Wildman–Crippen MR) is 119 cm³/mol. The number of aryl methyl sites for hydroxylation is 2. The second-order valence-electron chi connectivity index (χ2n) is 7.40. The summed E-state index contributed by atoms with van der Waals surface area (Å²) < 4.78 is 0. The molecule has 0 saturated heterocycles. The molecule has 7 heteroatoms. The zero-order valence-electron chi connectivity index (χ0n) is 18.1. The maximum atomic E-state index is 12.4. The van der Waals surface area contributed by atoms with Crippen LogP contribution in [0.3, 0.4) is 0 Å². The molecule has 0 bridgehead atoms. The first kappa shape index (κ1) is 23.1. The number of anilines is 2. The topological polar surface area (TPSA) is 81.8 Å². The lowest BCUT2D eigenvalue weighted by molar-refractivity contribution is -0.134. The van der Waals surface area contributed by atoms with Crippen LogP contribution in [0, 0.1) is 6.92 Å². The van der Waals surface area contributed by atoms with Crippen LogP contribution < -0.4 is 10.6 Å². The molecule has 0 atom stereocenters. The van der Waals surface area contributed by atoms with Crippen molar-refractivity contribution in [3.63, 3.8) is 0 Å². The fourth-order valence-electron chi connectivity index (χ4n) is 2.93. The predicted octanol–water partition coefficient (Wildman–Crippen LogP) is 2.52. The molecule has 0 radical (unpaired) electrons. The Morgan fingerprint density at radius 1 is 0.833 bits per heavy atom. The highest BCUT2D eigenvalue weighted by molar-refractivity contribution is 5.95. The van der Waals surface area contributed by atoms with Gasteiger partial charge in [0, 0.05) is 18.4 Å². The van der Waals surface area contributed by atoms with Gasteiger partial charge >= 0.3 is 0 Å². The highest BCUT2D eigenvalue weighted by atomic mass is 16.2. The lowest BCUT2D eigenvalue weighted by Crippen LogP contribution is -2.42. The first-order valence-corrected chi connectivity index (χ1v) is 9.95. The molecule has 30 heavy (non-hydrogen) atoms. The van der Waals surface area contributed by atoms with E-state index >= 15 is 0 Å². The van der Waals surface area contributed by atoms with Crippen LogP contribution in [-0.4, -0.2) is 61.3 Å². The van der Waals surface area contributed by atoms with Crippen LogP contribution in [0.4, 0.5) is 11.4 Å². The van der Waals surface area contributed by atoms with E-state index in [-0.39, 0.29) is 37.4 Å². The molecule has 160 valence electrons. The quantitative estimate of drug-likeness (QED) is 0.666. The number of nitrogens with zero attached hydrogens (tertiary/aromatic N) is 2. The van der Waals surface area contributed by atoms with E-state index in [0.29, 0.717) is 5.69 Å². The standard InChI is InChI=1S/C23H30N4O3/c1-5-18-8-6-7-9-20(18)25-21(28)14-26(3)16-23(30)27(4)15-22(29)24-19-12-10-17(2)11-13-19/h6-13H,5,14-16H2,1-4H3,(H,24,29)(H,25,28). The van der Waals surface area contributed by atoms with Crippen molar-refractivity contribution in [1.29, 1.82) is 0 Å². The fourth-order valence-corrected chi connectivity index (χ4v) is 2.93. The molecular formula is C23H30N4O3. The van der Waals surface area contributed by atoms with E-state index in [1.807, 2.05) is 62.4 Å². The maximum Gasteiger partial charge on any atom is 0.243 e. The molecule has 7 nitrogen and oxygen atoms in total. The average Bonchev–Trinajstić information content (AvgIpc) is 2.69. The normalized spacial score (nSPS) is 10.6. The Labute approximate surface area is 178 Å². The van der Waals surface area contributed by atoms with E-state index < -0.39 is 0 Å². The second-order valence-corrected chi connectivity index (χ2v) is 7.40. The summed E-state index contributed by atoms with van der Waals surface area (Å²) >= 11 is 0. The molecule has 0 aliphatic heterocycles. The average molecular weight is 411 g/mol. The number of amides is 3. The Morgan fingerprint density at radius 2 is 1.47 bits per heavy atom. The SMILES string of the molecule is CCc1ccccc1NC(=O)CN(C)CC(=O)N(C)CC(=O)Nc1ccc(C)cc1. The molecule has 0 unspecified atom stereocenters. The van der Waals surface area contributed by atoms with Crippen LogP contribution in [-0.2, 0) is 20.8 Å². The van der Waals surface area contributed by atoms with Crippen molar-refractivity contribution in [1.82, 2.24) is 9.80 Å². The van der Waals surface area contributed by atoms with Crippen LogP contribution >= 0.6 is 0 Å². The van der Waals surface area contributed by atoms with Gasteiger partial charge in [0.1, 0.15) is 0 Å². The monoisotopic (exact) mass is 410 g/mol. The number of carbonyl (C=O) groups is 3. The molecule has 2 aromatic rings. The molecule has 0 spiro atoms. The molecule has 0 heterocycles. The molecule has 0 saturated carbocycles. The lowest BCUT2D eigenvalue weighted by Gasteiger charge is -2.21. The molecule has 2 rings (SSSR count).